The van der Waals surface area contributed by atoms with Gasteiger partial charge in [-0.2, -0.15) is 0 Å². The molecule has 4 aliphatic rings. The van der Waals surface area contributed by atoms with Crippen LogP contribution in [0.5, 0.6) is 0 Å². The summed E-state index contributed by atoms with van der Waals surface area (Å²) < 4.78 is 0. The second-order valence-corrected chi connectivity index (χ2v) is 7.51. The zero-order valence-corrected chi connectivity index (χ0v) is 12.2. The van der Waals surface area contributed by atoms with Crippen LogP contribution in [-0.2, 0) is 0 Å². The Morgan fingerprint density at radius 1 is 0.895 bits per heavy atom. The fraction of sp³-hybridized carbons (Fsp3) is 0.667. The molecule has 5 rings (SSSR count). The lowest BCUT2D eigenvalue weighted by Gasteiger charge is -2.54. The first-order chi connectivity index (χ1) is 9.11. The van der Waals surface area contributed by atoms with E-state index in [2.05, 4.69) is 26.0 Å². The second-order valence-electron chi connectivity index (χ2n) is 7.51. The lowest BCUT2D eigenvalue weighted by molar-refractivity contribution is -0.00277. The van der Waals surface area contributed by atoms with Crippen LogP contribution in [0.1, 0.15) is 54.7 Å². The van der Waals surface area contributed by atoms with Gasteiger partial charge in [-0.1, -0.05) is 6.07 Å². The monoisotopic (exact) mass is 255 g/mol. The average Bonchev–Trinajstić information content (AvgIpc) is 2.34. The van der Waals surface area contributed by atoms with Crippen LogP contribution < -0.4 is 5.73 Å². The third kappa shape index (κ3) is 1.74. The highest BCUT2D eigenvalue weighted by molar-refractivity contribution is 5.53. The molecule has 0 saturated heterocycles. The van der Waals surface area contributed by atoms with Gasteiger partial charge in [0.1, 0.15) is 0 Å². The van der Waals surface area contributed by atoms with Gasteiger partial charge in [0.25, 0.3) is 0 Å². The van der Waals surface area contributed by atoms with E-state index >= 15 is 0 Å². The molecular weight excluding hydrogens is 230 g/mol. The summed E-state index contributed by atoms with van der Waals surface area (Å²) in [6.07, 6.45) is 7.50. The van der Waals surface area contributed by atoms with Crippen LogP contribution >= 0.6 is 0 Å². The average molecular weight is 255 g/mol. The molecule has 1 aromatic rings. The van der Waals surface area contributed by atoms with Gasteiger partial charge in [0.05, 0.1) is 0 Å². The second kappa shape index (κ2) is 4.01. The first kappa shape index (κ1) is 11.8. The molecule has 4 saturated carbocycles. The molecule has 4 aliphatic carbocycles. The minimum absolute atomic E-state index is 0.814. The van der Waals surface area contributed by atoms with Crippen molar-refractivity contribution in [1.29, 1.82) is 0 Å². The molecule has 4 fully saturated rings. The lowest BCUT2D eigenvalue weighted by atomic mass is 9.50. The van der Waals surface area contributed by atoms with Crippen LogP contribution in [0.15, 0.2) is 12.1 Å². The van der Waals surface area contributed by atoms with Crippen LogP contribution in [0.4, 0.5) is 5.69 Å². The molecular formula is C18H25N. The Bertz CT molecular complexity index is 465. The molecule has 0 aromatic heterocycles. The number of hydrogen-bond donors (Lipinski definition) is 1. The summed E-state index contributed by atoms with van der Waals surface area (Å²) in [6.45, 7) is 4.36. The summed E-state index contributed by atoms with van der Waals surface area (Å²) >= 11 is 0. The molecule has 0 radical (unpaired) electrons. The number of anilines is 1. The van der Waals surface area contributed by atoms with Crippen molar-refractivity contribution >= 4 is 5.69 Å². The summed E-state index contributed by atoms with van der Waals surface area (Å²) in [6, 6.07) is 4.72. The fourth-order valence-corrected chi connectivity index (χ4v) is 5.58. The molecule has 0 aliphatic heterocycles. The Balaban J connectivity index is 1.73. The highest BCUT2D eigenvalue weighted by Crippen LogP contribution is 2.59. The third-order valence-electron chi connectivity index (χ3n) is 6.34. The Morgan fingerprint density at radius 2 is 1.47 bits per heavy atom. The highest BCUT2D eigenvalue weighted by Gasteiger charge is 2.48. The van der Waals surface area contributed by atoms with Gasteiger partial charge in [0.2, 0.25) is 0 Å². The molecule has 19 heavy (non-hydrogen) atoms. The minimum atomic E-state index is 0.814. The molecule has 1 nitrogen and oxygen atoms in total. The first-order valence-corrected chi connectivity index (χ1v) is 7.98. The number of rotatable bonds is 1. The van der Waals surface area contributed by atoms with Crippen molar-refractivity contribution in [2.24, 2.45) is 23.7 Å². The fourth-order valence-electron chi connectivity index (χ4n) is 5.58. The highest BCUT2D eigenvalue weighted by atomic mass is 14.6. The zero-order valence-electron chi connectivity index (χ0n) is 12.2. The molecule has 0 spiro atoms. The van der Waals surface area contributed by atoms with Gasteiger partial charge in [0, 0.05) is 5.69 Å². The molecule has 1 aromatic carbocycles. The Morgan fingerprint density at radius 3 is 2.00 bits per heavy atom. The molecule has 0 atom stereocenters. The van der Waals surface area contributed by atoms with Crippen molar-refractivity contribution in [2.75, 3.05) is 5.73 Å². The third-order valence-corrected chi connectivity index (χ3v) is 6.34. The van der Waals surface area contributed by atoms with Crippen LogP contribution in [0.3, 0.4) is 0 Å². The van der Waals surface area contributed by atoms with Gasteiger partial charge in [-0.3, -0.25) is 0 Å². The molecule has 0 unspecified atom stereocenters. The molecule has 0 amide bonds. The standard InChI is InChI=1S/C18H25N/c1-10-3-14(9-17(19)11(10)2)18-15-5-12-4-13(7-15)8-16(18)6-12/h3,9,12-13,15-16,18H,4-8,19H2,1-2H3. The van der Waals surface area contributed by atoms with Crippen LogP contribution in [-0.4, -0.2) is 0 Å². The van der Waals surface area contributed by atoms with Gasteiger partial charge >= 0.3 is 0 Å². The Hall–Kier alpha value is -0.980. The summed E-state index contributed by atoms with van der Waals surface area (Å²) in [5.74, 6) is 4.84. The van der Waals surface area contributed by atoms with Gasteiger partial charge in [-0.15, -0.1) is 0 Å². The number of aryl methyl sites for hydroxylation is 1. The van der Waals surface area contributed by atoms with Gasteiger partial charge in [-0.05, 0) is 98.3 Å². The van der Waals surface area contributed by atoms with E-state index in [0.717, 1.165) is 35.3 Å². The minimum Gasteiger partial charge on any atom is -0.398 e. The maximum atomic E-state index is 6.21. The van der Waals surface area contributed by atoms with Gasteiger partial charge in [-0.25, -0.2) is 0 Å². The summed E-state index contributed by atoms with van der Waals surface area (Å²) in [5, 5.41) is 0. The molecule has 102 valence electrons. The van der Waals surface area contributed by atoms with Crippen molar-refractivity contribution in [3.8, 4) is 0 Å². The summed E-state index contributed by atoms with van der Waals surface area (Å²) in [4.78, 5) is 0. The lowest BCUT2D eigenvalue weighted by Crippen LogP contribution is -2.43. The largest absolute Gasteiger partial charge is 0.398 e. The molecule has 2 N–H and O–H groups in total. The smallest absolute Gasteiger partial charge is 0.0349 e. The molecule has 0 heterocycles. The van der Waals surface area contributed by atoms with E-state index in [1.165, 1.54) is 43.2 Å². The zero-order chi connectivity index (χ0) is 13.1. The maximum absolute atomic E-state index is 6.21. The summed E-state index contributed by atoms with van der Waals surface area (Å²) in [7, 11) is 0. The number of benzene rings is 1. The summed E-state index contributed by atoms with van der Waals surface area (Å²) in [5.41, 5.74) is 11.4. The van der Waals surface area contributed by atoms with Crippen LogP contribution in [0, 0.1) is 37.5 Å². The molecule has 1 heteroatoms. The predicted octanol–water partition coefficient (Wildman–Crippen LogP) is 4.43. The Kier molecular flexibility index (Phi) is 2.49. The van der Waals surface area contributed by atoms with E-state index in [1.807, 2.05) is 0 Å². The topological polar surface area (TPSA) is 26.0 Å². The van der Waals surface area contributed by atoms with Crippen molar-refractivity contribution in [1.82, 2.24) is 0 Å². The van der Waals surface area contributed by atoms with Crippen molar-refractivity contribution in [3.63, 3.8) is 0 Å². The van der Waals surface area contributed by atoms with E-state index < -0.39 is 0 Å². The van der Waals surface area contributed by atoms with Crippen molar-refractivity contribution < 1.29 is 0 Å². The number of nitrogens with two attached hydrogens (primary N) is 1. The maximum Gasteiger partial charge on any atom is 0.0349 e. The van der Waals surface area contributed by atoms with E-state index in [9.17, 15) is 0 Å². The molecule has 4 bridgehead atoms. The van der Waals surface area contributed by atoms with E-state index in [4.69, 9.17) is 5.73 Å². The van der Waals surface area contributed by atoms with Crippen LogP contribution in [0.25, 0.3) is 0 Å². The first-order valence-electron chi connectivity index (χ1n) is 7.98. The number of hydrogen-bond acceptors (Lipinski definition) is 1. The van der Waals surface area contributed by atoms with E-state index in [-0.39, 0.29) is 0 Å². The quantitative estimate of drug-likeness (QED) is 0.738. The van der Waals surface area contributed by atoms with E-state index in [0.29, 0.717) is 0 Å². The van der Waals surface area contributed by atoms with Gasteiger partial charge in [0.15, 0.2) is 0 Å². The Labute approximate surface area is 116 Å². The van der Waals surface area contributed by atoms with Crippen molar-refractivity contribution in [3.05, 3.63) is 28.8 Å². The predicted molar refractivity (Wildman–Crippen MR) is 80.1 cm³/mol. The SMILES string of the molecule is Cc1cc(C2C3CC4CC(C3)CC2C4)cc(N)c1C. The van der Waals surface area contributed by atoms with Gasteiger partial charge < -0.3 is 5.73 Å². The van der Waals surface area contributed by atoms with Crippen molar-refractivity contribution in [2.45, 2.75) is 51.9 Å². The normalized spacial score (nSPS) is 39.8. The van der Waals surface area contributed by atoms with Crippen LogP contribution in [0.2, 0.25) is 0 Å². The van der Waals surface area contributed by atoms with E-state index in [1.54, 1.807) is 5.56 Å². The number of nitrogen functional groups attached to an aromatic ring is 1.